The summed E-state index contributed by atoms with van der Waals surface area (Å²) in [5, 5.41) is 0. The topological polar surface area (TPSA) is 56.3 Å². The van der Waals surface area contributed by atoms with Crippen LogP contribution in [0.4, 0.5) is 0 Å². The molecule has 0 saturated heterocycles. The van der Waals surface area contributed by atoms with Gasteiger partial charge in [-0.1, -0.05) is 36.9 Å². The van der Waals surface area contributed by atoms with Gasteiger partial charge in [0.2, 0.25) is 5.78 Å². The number of ether oxygens (including phenoxy) is 1. The van der Waals surface area contributed by atoms with Crippen molar-refractivity contribution >= 4 is 17.3 Å². The number of hydrogen-bond donors (Lipinski definition) is 0. The van der Waals surface area contributed by atoms with Crippen LogP contribution in [0, 0.1) is 6.92 Å². The van der Waals surface area contributed by atoms with Gasteiger partial charge in [-0.3, -0.25) is 14.6 Å². The minimum absolute atomic E-state index is 0.0436. The van der Waals surface area contributed by atoms with E-state index in [4.69, 9.17) is 0 Å². The molecule has 112 valence electrons. The molecule has 22 heavy (non-hydrogen) atoms. The Morgan fingerprint density at radius 2 is 1.82 bits per heavy atom. The van der Waals surface area contributed by atoms with Crippen molar-refractivity contribution in [1.82, 2.24) is 4.98 Å². The van der Waals surface area contributed by atoms with E-state index >= 15 is 0 Å². The maximum absolute atomic E-state index is 12.7. The Labute approximate surface area is 129 Å². The molecule has 0 radical (unpaired) electrons. The molecule has 4 nitrogen and oxygen atoms in total. The van der Waals surface area contributed by atoms with Crippen molar-refractivity contribution < 1.29 is 14.3 Å². The number of carbonyl (C=O) groups is 2. The zero-order valence-corrected chi connectivity index (χ0v) is 12.6. The molecule has 1 aromatic heterocycles. The molecule has 1 aromatic carbocycles. The Balaban J connectivity index is 2.40. The SMILES string of the molecule is C=C(CC(=O)OC)c1ccccc1C(=O)c1ncccc1C. The van der Waals surface area contributed by atoms with E-state index in [1.54, 1.807) is 36.5 Å². The monoisotopic (exact) mass is 295 g/mol. The van der Waals surface area contributed by atoms with Gasteiger partial charge in [-0.25, -0.2) is 0 Å². The molecule has 1 heterocycles. The molecule has 0 atom stereocenters. The maximum atomic E-state index is 12.7. The smallest absolute Gasteiger partial charge is 0.309 e. The van der Waals surface area contributed by atoms with Crippen LogP contribution in [-0.2, 0) is 9.53 Å². The number of aryl methyl sites for hydroxylation is 1. The molecule has 0 spiro atoms. The van der Waals surface area contributed by atoms with Crippen molar-refractivity contribution in [3.63, 3.8) is 0 Å². The molecule has 2 rings (SSSR count). The molecule has 0 bridgehead atoms. The lowest BCUT2D eigenvalue weighted by atomic mass is 9.94. The third-order valence-corrected chi connectivity index (χ3v) is 3.36. The van der Waals surface area contributed by atoms with E-state index in [1.165, 1.54) is 7.11 Å². The molecule has 0 fully saturated rings. The van der Waals surface area contributed by atoms with Crippen LogP contribution in [-0.4, -0.2) is 23.8 Å². The van der Waals surface area contributed by atoms with Crippen molar-refractivity contribution in [2.75, 3.05) is 7.11 Å². The average molecular weight is 295 g/mol. The first-order valence-corrected chi connectivity index (χ1v) is 6.85. The molecule has 0 amide bonds. The summed E-state index contributed by atoms with van der Waals surface area (Å²) in [4.78, 5) is 28.3. The van der Waals surface area contributed by atoms with Crippen LogP contribution >= 0.6 is 0 Å². The zero-order chi connectivity index (χ0) is 16.1. The fraction of sp³-hybridized carbons (Fsp3) is 0.167. The van der Waals surface area contributed by atoms with Crippen LogP contribution < -0.4 is 0 Å². The Hall–Kier alpha value is -2.75. The van der Waals surface area contributed by atoms with Gasteiger partial charge < -0.3 is 4.74 Å². The number of ketones is 1. The summed E-state index contributed by atoms with van der Waals surface area (Å²) in [6, 6.07) is 10.7. The molecule has 2 aromatic rings. The maximum Gasteiger partial charge on any atom is 0.309 e. The van der Waals surface area contributed by atoms with Crippen molar-refractivity contribution in [2.24, 2.45) is 0 Å². The highest BCUT2D eigenvalue weighted by Crippen LogP contribution is 2.23. The van der Waals surface area contributed by atoms with Gasteiger partial charge in [0.05, 0.1) is 13.5 Å². The quantitative estimate of drug-likeness (QED) is 0.628. The van der Waals surface area contributed by atoms with E-state index in [0.717, 1.165) is 5.56 Å². The molecule has 0 N–H and O–H groups in total. The van der Waals surface area contributed by atoms with Gasteiger partial charge in [0.15, 0.2) is 0 Å². The van der Waals surface area contributed by atoms with Crippen molar-refractivity contribution in [1.29, 1.82) is 0 Å². The summed E-state index contributed by atoms with van der Waals surface area (Å²) in [7, 11) is 1.32. The number of nitrogens with zero attached hydrogens (tertiary/aromatic N) is 1. The van der Waals surface area contributed by atoms with Gasteiger partial charge in [-0.05, 0) is 29.7 Å². The van der Waals surface area contributed by atoms with Crippen molar-refractivity contribution in [3.05, 3.63) is 71.6 Å². The second-order valence-electron chi connectivity index (χ2n) is 4.90. The second kappa shape index (κ2) is 6.80. The minimum Gasteiger partial charge on any atom is -0.469 e. The lowest BCUT2D eigenvalue weighted by Gasteiger charge is -2.11. The largest absolute Gasteiger partial charge is 0.469 e. The number of rotatable bonds is 5. The van der Waals surface area contributed by atoms with Gasteiger partial charge in [0.1, 0.15) is 5.69 Å². The zero-order valence-electron chi connectivity index (χ0n) is 12.6. The van der Waals surface area contributed by atoms with Crippen LogP contribution in [0.5, 0.6) is 0 Å². The fourth-order valence-electron chi connectivity index (χ4n) is 2.18. The van der Waals surface area contributed by atoms with Gasteiger partial charge in [-0.2, -0.15) is 0 Å². The molecule has 0 aliphatic carbocycles. The van der Waals surface area contributed by atoms with Crippen molar-refractivity contribution in [3.8, 4) is 0 Å². The summed E-state index contributed by atoms with van der Waals surface area (Å²) in [6.45, 7) is 5.74. The van der Waals surface area contributed by atoms with E-state index in [-0.39, 0.29) is 18.2 Å². The average Bonchev–Trinajstić information content (AvgIpc) is 2.54. The third kappa shape index (κ3) is 3.28. The first kappa shape index (κ1) is 15.6. The number of pyridine rings is 1. The summed E-state index contributed by atoms with van der Waals surface area (Å²) < 4.78 is 4.65. The summed E-state index contributed by atoms with van der Waals surface area (Å²) >= 11 is 0. The molecule has 0 aliphatic heterocycles. The van der Waals surface area contributed by atoms with E-state index in [9.17, 15) is 9.59 Å². The highest BCUT2D eigenvalue weighted by atomic mass is 16.5. The van der Waals surface area contributed by atoms with Gasteiger partial charge >= 0.3 is 5.97 Å². The highest BCUT2D eigenvalue weighted by Gasteiger charge is 2.18. The van der Waals surface area contributed by atoms with Crippen LogP contribution in [0.2, 0.25) is 0 Å². The Kier molecular flexibility index (Phi) is 4.84. The number of hydrogen-bond acceptors (Lipinski definition) is 4. The molecule has 0 unspecified atom stereocenters. The summed E-state index contributed by atoms with van der Waals surface area (Å²) in [6.07, 6.45) is 1.63. The van der Waals surface area contributed by atoms with Gasteiger partial charge in [0.25, 0.3) is 0 Å². The first-order valence-electron chi connectivity index (χ1n) is 6.85. The molecule has 4 heteroatoms. The van der Waals surface area contributed by atoms with E-state index in [0.29, 0.717) is 22.4 Å². The predicted octanol–water partition coefficient (Wildman–Crippen LogP) is 3.20. The van der Waals surface area contributed by atoms with Gasteiger partial charge in [-0.15, -0.1) is 0 Å². The van der Waals surface area contributed by atoms with E-state index in [2.05, 4.69) is 16.3 Å². The molecule has 0 aliphatic rings. The standard InChI is InChI=1S/C18H17NO3/c1-12-7-6-10-19-17(12)18(21)15-9-5-4-8-14(15)13(2)11-16(20)22-3/h4-10H,2,11H2,1,3H3. The normalized spacial score (nSPS) is 10.1. The minimum atomic E-state index is -0.388. The Morgan fingerprint density at radius 1 is 1.14 bits per heavy atom. The van der Waals surface area contributed by atoms with Crippen molar-refractivity contribution in [2.45, 2.75) is 13.3 Å². The second-order valence-corrected chi connectivity index (χ2v) is 4.90. The number of carbonyl (C=O) groups excluding carboxylic acids is 2. The van der Waals surface area contributed by atoms with Crippen LogP contribution in [0.25, 0.3) is 5.57 Å². The third-order valence-electron chi connectivity index (χ3n) is 3.36. The number of aromatic nitrogens is 1. The van der Waals surface area contributed by atoms with Crippen LogP contribution in [0.1, 0.15) is 33.6 Å². The summed E-state index contributed by atoms with van der Waals surface area (Å²) in [5.41, 5.74) is 2.88. The first-order chi connectivity index (χ1) is 10.5. The highest BCUT2D eigenvalue weighted by molar-refractivity contribution is 6.11. The fourth-order valence-corrected chi connectivity index (χ4v) is 2.18. The number of esters is 1. The Morgan fingerprint density at radius 3 is 2.45 bits per heavy atom. The lowest BCUT2D eigenvalue weighted by molar-refractivity contribution is -0.139. The molecule has 0 saturated carbocycles. The molecular formula is C18H17NO3. The number of benzene rings is 1. The van der Waals surface area contributed by atoms with Crippen LogP contribution in [0.3, 0.4) is 0 Å². The predicted molar refractivity (Wildman–Crippen MR) is 84.5 cm³/mol. The lowest BCUT2D eigenvalue weighted by Crippen LogP contribution is -2.10. The number of methoxy groups -OCH3 is 1. The van der Waals surface area contributed by atoms with E-state index in [1.807, 2.05) is 13.0 Å². The molecular weight excluding hydrogens is 278 g/mol. The van der Waals surface area contributed by atoms with Crippen LogP contribution in [0.15, 0.2) is 49.2 Å². The van der Waals surface area contributed by atoms with Gasteiger partial charge in [0, 0.05) is 11.8 Å². The van der Waals surface area contributed by atoms with E-state index < -0.39 is 0 Å². The Bertz CT molecular complexity index is 735. The summed E-state index contributed by atoms with van der Waals surface area (Å²) in [5.74, 6) is -0.569.